The predicted octanol–water partition coefficient (Wildman–Crippen LogP) is 5.25. The van der Waals surface area contributed by atoms with Crippen molar-refractivity contribution >= 4 is 0 Å². The van der Waals surface area contributed by atoms with Gasteiger partial charge in [0, 0.05) is 0 Å². The van der Waals surface area contributed by atoms with Crippen molar-refractivity contribution in [1.29, 1.82) is 0 Å². The number of allylic oxidation sites excluding steroid dienone is 2. The fraction of sp³-hybridized carbons (Fsp3) is 0.833. The Hall–Kier alpha value is -0.600. The Bertz CT molecular complexity index is 620. The summed E-state index contributed by atoms with van der Waals surface area (Å²) < 4.78 is 0. The molecule has 8 atom stereocenters. The number of rotatable bonds is 2. The van der Waals surface area contributed by atoms with Crippen LogP contribution in [0.3, 0.4) is 0 Å². The average Bonchev–Trinajstić information content (AvgIpc) is 2.94. The second-order valence-corrected chi connectivity index (χ2v) is 10.3. The molecule has 4 rings (SSSR count). The van der Waals surface area contributed by atoms with Gasteiger partial charge in [0.05, 0.1) is 12.2 Å². The van der Waals surface area contributed by atoms with Crippen LogP contribution in [0.5, 0.6) is 0 Å². The van der Waals surface area contributed by atoms with E-state index in [2.05, 4.69) is 33.8 Å². The van der Waals surface area contributed by atoms with E-state index in [1.54, 1.807) is 5.57 Å². The van der Waals surface area contributed by atoms with Crippen molar-refractivity contribution < 1.29 is 10.2 Å². The molecule has 3 fully saturated rings. The van der Waals surface area contributed by atoms with Crippen molar-refractivity contribution in [2.24, 2.45) is 34.5 Å². The fourth-order valence-corrected chi connectivity index (χ4v) is 7.97. The highest BCUT2D eigenvalue weighted by Crippen LogP contribution is 2.67. The molecule has 4 aliphatic carbocycles. The van der Waals surface area contributed by atoms with Crippen molar-refractivity contribution in [2.75, 3.05) is 0 Å². The highest BCUT2D eigenvalue weighted by atomic mass is 16.3. The number of hydrogen-bond acceptors (Lipinski definition) is 2. The van der Waals surface area contributed by atoms with Gasteiger partial charge in [0.2, 0.25) is 0 Å². The Labute approximate surface area is 159 Å². The number of aliphatic hydroxyl groups is 2. The monoisotopic (exact) mass is 358 g/mol. The SMILES string of the molecule is CC/C=C(\C)[C@H]1CCC2C3CC(O)C4=CC(O)CC[C@]4(C)C3CC[C@@]21C. The smallest absolute Gasteiger partial charge is 0.0759 e. The Morgan fingerprint density at radius 2 is 1.88 bits per heavy atom. The van der Waals surface area contributed by atoms with Gasteiger partial charge in [-0.1, -0.05) is 38.5 Å². The third-order valence-corrected chi connectivity index (χ3v) is 9.18. The minimum atomic E-state index is -0.351. The highest BCUT2D eigenvalue weighted by Gasteiger charge is 2.60. The molecule has 0 amide bonds. The standard InChI is InChI=1S/C24H38O2/c1-5-6-15(2)18-7-8-19-17-14-22(26)21-13-16(25)9-11-24(21,4)20(17)10-12-23(18,19)3/h6,13,16-20,22,25-26H,5,7-12,14H2,1-4H3/b15-6+/t16?,17?,18-,19?,20?,22?,23-,24-/m1/s1. The van der Waals surface area contributed by atoms with Gasteiger partial charge in [-0.3, -0.25) is 0 Å². The molecule has 0 aromatic rings. The molecule has 0 spiro atoms. The normalized spacial score (nSPS) is 51.3. The Kier molecular flexibility index (Phi) is 4.67. The molecule has 0 heterocycles. The van der Waals surface area contributed by atoms with Crippen molar-refractivity contribution in [1.82, 2.24) is 0 Å². The van der Waals surface area contributed by atoms with Gasteiger partial charge >= 0.3 is 0 Å². The highest BCUT2D eigenvalue weighted by molar-refractivity contribution is 5.29. The van der Waals surface area contributed by atoms with E-state index in [0.29, 0.717) is 17.3 Å². The van der Waals surface area contributed by atoms with Crippen LogP contribution in [0, 0.1) is 34.5 Å². The van der Waals surface area contributed by atoms with E-state index in [4.69, 9.17) is 0 Å². The molecule has 5 unspecified atom stereocenters. The maximum atomic E-state index is 11.0. The number of hydrogen-bond donors (Lipinski definition) is 2. The Balaban J connectivity index is 1.66. The van der Waals surface area contributed by atoms with Gasteiger partial charge in [-0.15, -0.1) is 0 Å². The summed E-state index contributed by atoms with van der Waals surface area (Å²) in [5.41, 5.74) is 3.30. The van der Waals surface area contributed by atoms with Gasteiger partial charge in [0.15, 0.2) is 0 Å². The lowest BCUT2D eigenvalue weighted by Crippen LogP contribution is -2.54. The first-order chi connectivity index (χ1) is 12.3. The van der Waals surface area contributed by atoms with Gasteiger partial charge < -0.3 is 10.2 Å². The molecule has 2 N–H and O–H groups in total. The van der Waals surface area contributed by atoms with Crippen LogP contribution in [0.4, 0.5) is 0 Å². The molecule has 2 nitrogen and oxygen atoms in total. The zero-order chi connectivity index (χ0) is 18.7. The molecule has 3 saturated carbocycles. The summed E-state index contributed by atoms with van der Waals surface area (Å²) in [7, 11) is 0. The minimum absolute atomic E-state index is 0.106. The van der Waals surface area contributed by atoms with Crippen molar-refractivity contribution in [3.05, 3.63) is 23.3 Å². The summed E-state index contributed by atoms with van der Waals surface area (Å²) in [5, 5.41) is 21.1. The molecule has 26 heavy (non-hydrogen) atoms. The second kappa shape index (κ2) is 6.48. The summed E-state index contributed by atoms with van der Waals surface area (Å²) in [5.74, 6) is 2.84. The van der Waals surface area contributed by atoms with E-state index in [0.717, 1.165) is 43.1 Å². The van der Waals surface area contributed by atoms with Gasteiger partial charge in [0.25, 0.3) is 0 Å². The van der Waals surface area contributed by atoms with E-state index in [1.807, 2.05) is 6.08 Å². The molecule has 0 bridgehead atoms. The van der Waals surface area contributed by atoms with E-state index in [-0.39, 0.29) is 17.6 Å². The lowest BCUT2D eigenvalue weighted by Gasteiger charge is -2.59. The van der Waals surface area contributed by atoms with Crippen molar-refractivity contribution in [3.63, 3.8) is 0 Å². The van der Waals surface area contributed by atoms with Crippen LogP contribution < -0.4 is 0 Å². The van der Waals surface area contributed by atoms with Crippen LogP contribution in [-0.4, -0.2) is 22.4 Å². The molecule has 4 aliphatic rings. The predicted molar refractivity (Wildman–Crippen MR) is 107 cm³/mol. The first kappa shape index (κ1) is 18.7. The maximum Gasteiger partial charge on any atom is 0.0759 e. The van der Waals surface area contributed by atoms with Gasteiger partial charge in [-0.25, -0.2) is 0 Å². The van der Waals surface area contributed by atoms with E-state index >= 15 is 0 Å². The van der Waals surface area contributed by atoms with E-state index in [1.165, 1.54) is 25.7 Å². The molecular formula is C24H38O2. The first-order valence-corrected chi connectivity index (χ1v) is 11.1. The summed E-state index contributed by atoms with van der Waals surface area (Å²) in [6.45, 7) is 9.55. The van der Waals surface area contributed by atoms with E-state index < -0.39 is 0 Å². The first-order valence-electron chi connectivity index (χ1n) is 11.1. The zero-order valence-corrected chi connectivity index (χ0v) is 17.2. The zero-order valence-electron chi connectivity index (χ0n) is 17.2. The third kappa shape index (κ3) is 2.58. The minimum Gasteiger partial charge on any atom is -0.389 e. The molecular weight excluding hydrogens is 320 g/mol. The van der Waals surface area contributed by atoms with Crippen LogP contribution in [0.2, 0.25) is 0 Å². The summed E-state index contributed by atoms with van der Waals surface area (Å²) in [6, 6.07) is 0. The summed E-state index contributed by atoms with van der Waals surface area (Å²) in [4.78, 5) is 0. The fourth-order valence-electron chi connectivity index (χ4n) is 7.97. The van der Waals surface area contributed by atoms with E-state index in [9.17, 15) is 10.2 Å². The topological polar surface area (TPSA) is 40.5 Å². The largest absolute Gasteiger partial charge is 0.389 e. The molecule has 146 valence electrons. The van der Waals surface area contributed by atoms with Crippen molar-refractivity contribution in [2.45, 2.75) is 91.3 Å². The average molecular weight is 359 g/mol. The Morgan fingerprint density at radius 1 is 1.12 bits per heavy atom. The van der Waals surface area contributed by atoms with Gasteiger partial charge in [0.1, 0.15) is 0 Å². The molecule has 0 aromatic carbocycles. The number of fused-ring (bicyclic) bond motifs is 5. The van der Waals surface area contributed by atoms with Crippen molar-refractivity contribution in [3.8, 4) is 0 Å². The quantitative estimate of drug-likeness (QED) is 0.662. The molecule has 0 saturated heterocycles. The lowest BCUT2D eigenvalue weighted by atomic mass is 9.46. The molecule has 2 heteroatoms. The third-order valence-electron chi connectivity index (χ3n) is 9.18. The Morgan fingerprint density at radius 3 is 2.62 bits per heavy atom. The molecule has 0 aromatic heterocycles. The number of aliphatic hydroxyl groups excluding tert-OH is 2. The molecule has 0 aliphatic heterocycles. The van der Waals surface area contributed by atoms with Crippen LogP contribution in [0.25, 0.3) is 0 Å². The van der Waals surface area contributed by atoms with Crippen LogP contribution >= 0.6 is 0 Å². The van der Waals surface area contributed by atoms with Crippen LogP contribution in [0.1, 0.15) is 79.1 Å². The van der Waals surface area contributed by atoms with Crippen LogP contribution in [0.15, 0.2) is 23.3 Å². The second-order valence-electron chi connectivity index (χ2n) is 10.3. The summed E-state index contributed by atoms with van der Waals surface area (Å²) in [6.07, 6.45) is 13.0. The van der Waals surface area contributed by atoms with Gasteiger partial charge in [-0.05, 0) is 98.4 Å². The van der Waals surface area contributed by atoms with Gasteiger partial charge in [-0.2, -0.15) is 0 Å². The lowest BCUT2D eigenvalue weighted by molar-refractivity contribution is -0.0791. The summed E-state index contributed by atoms with van der Waals surface area (Å²) >= 11 is 0. The van der Waals surface area contributed by atoms with Crippen LogP contribution in [-0.2, 0) is 0 Å². The maximum absolute atomic E-state index is 11.0. The molecule has 0 radical (unpaired) electrons.